The van der Waals surface area contributed by atoms with Crippen LogP contribution in [0.4, 0.5) is 5.69 Å². The van der Waals surface area contributed by atoms with E-state index in [1.165, 1.54) is 17.8 Å². The van der Waals surface area contributed by atoms with E-state index in [1.54, 1.807) is 25.1 Å². The van der Waals surface area contributed by atoms with Crippen molar-refractivity contribution >= 4 is 23.4 Å². The second-order valence-electron chi connectivity index (χ2n) is 6.40. The Kier molecular flexibility index (Phi) is 5.18. The number of para-hydroxylation sites is 1. The van der Waals surface area contributed by atoms with Crippen LogP contribution in [0.15, 0.2) is 60.3 Å². The number of carboxylic acid groups (broad SMARTS) is 1. The molecule has 4 rings (SSSR count). The van der Waals surface area contributed by atoms with Crippen LogP contribution < -0.4 is 15.2 Å². The molecule has 146 valence electrons. The average molecular weight is 405 g/mol. The molecule has 8 heteroatoms. The lowest BCUT2D eigenvalue weighted by Crippen LogP contribution is -2.24. The van der Waals surface area contributed by atoms with Crippen molar-refractivity contribution in [3.8, 4) is 17.1 Å². The Morgan fingerprint density at radius 3 is 2.90 bits per heavy atom. The molecule has 0 aliphatic carbocycles. The highest BCUT2D eigenvalue weighted by Gasteiger charge is 2.26. The summed E-state index contributed by atoms with van der Waals surface area (Å²) in [5, 5.41) is 23.6. The molecular formula is C21H17N4O3S-. The first kappa shape index (κ1) is 18.9. The van der Waals surface area contributed by atoms with Gasteiger partial charge in [-0.1, -0.05) is 48.2 Å². The van der Waals surface area contributed by atoms with E-state index in [0.717, 1.165) is 16.8 Å². The van der Waals surface area contributed by atoms with Crippen molar-refractivity contribution in [2.24, 2.45) is 0 Å². The Balaban J connectivity index is 1.78. The van der Waals surface area contributed by atoms with Gasteiger partial charge in [-0.2, -0.15) is 4.98 Å². The van der Waals surface area contributed by atoms with E-state index < -0.39 is 12.2 Å². The molecule has 0 fully saturated rings. The molecule has 2 heterocycles. The number of hydrogen-bond acceptors (Lipinski definition) is 8. The molecular weight excluding hydrogens is 388 g/mol. The van der Waals surface area contributed by atoms with E-state index in [4.69, 9.17) is 4.74 Å². The van der Waals surface area contributed by atoms with Crippen LogP contribution in [0.2, 0.25) is 0 Å². The van der Waals surface area contributed by atoms with Gasteiger partial charge >= 0.3 is 0 Å². The van der Waals surface area contributed by atoms with Crippen molar-refractivity contribution in [2.75, 3.05) is 11.1 Å². The van der Waals surface area contributed by atoms with Crippen LogP contribution in [0.5, 0.6) is 5.88 Å². The number of aromatic carboxylic acids is 1. The minimum absolute atomic E-state index is 0.148. The van der Waals surface area contributed by atoms with Gasteiger partial charge in [0.25, 0.3) is 0 Å². The highest BCUT2D eigenvalue weighted by Crippen LogP contribution is 2.39. The number of rotatable bonds is 5. The summed E-state index contributed by atoms with van der Waals surface area (Å²) in [7, 11) is 0. The molecule has 0 radical (unpaired) electrons. The fourth-order valence-corrected chi connectivity index (χ4v) is 3.58. The zero-order chi connectivity index (χ0) is 20.4. The molecule has 0 saturated heterocycles. The molecule has 3 aromatic rings. The number of fused-ring (bicyclic) bond motifs is 3. The molecule has 1 aliphatic heterocycles. The third kappa shape index (κ3) is 3.79. The van der Waals surface area contributed by atoms with Crippen LogP contribution in [0, 0.1) is 6.92 Å². The summed E-state index contributed by atoms with van der Waals surface area (Å²) < 4.78 is 6.17. The summed E-state index contributed by atoms with van der Waals surface area (Å²) in [4.78, 5) is 15.8. The number of hydrogen-bond donors (Lipinski definition) is 1. The van der Waals surface area contributed by atoms with E-state index in [1.807, 2.05) is 24.3 Å². The number of nitrogens with one attached hydrogen (secondary N) is 1. The standard InChI is InChI=1S/C21H18N4O3S/c1-3-10-29-21-23-19-17(24-25-21)15-6-4-5-7-16(15)22-18(28-19)13-8-9-14(20(26)27)12(2)11-13/h3-9,11,18,22H,1,10H2,2H3,(H,26,27)/p-1. The second-order valence-corrected chi connectivity index (χ2v) is 7.38. The number of aromatic nitrogens is 3. The molecule has 1 atom stereocenters. The first-order valence-corrected chi connectivity index (χ1v) is 9.88. The van der Waals surface area contributed by atoms with Gasteiger partial charge in [-0.25, -0.2) is 0 Å². The number of carbonyl (C=O) groups is 1. The first-order chi connectivity index (χ1) is 14.1. The topological polar surface area (TPSA) is 100 Å². The number of ether oxygens (including phenoxy) is 1. The summed E-state index contributed by atoms with van der Waals surface area (Å²) in [5.74, 6) is -0.196. The highest BCUT2D eigenvalue weighted by molar-refractivity contribution is 7.99. The van der Waals surface area contributed by atoms with E-state index in [-0.39, 0.29) is 5.56 Å². The van der Waals surface area contributed by atoms with Crippen LogP contribution >= 0.6 is 11.8 Å². The number of anilines is 1. The second kappa shape index (κ2) is 7.92. The lowest BCUT2D eigenvalue weighted by molar-refractivity contribution is -0.255. The zero-order valence-corrected chi connectivity index (χ0v) is 16.4. The van der Waals surface area contributed by atoms with Gasteiger partial charge in [0.15, 0.2) is 11.9 Å². The van der Waals surface area contributed by atoms with Crippen LogP contribution in [0.25, 0.3) is 11.3 Å². The summed E-state index contributed by atoms with van der Waals surface area (Å²) in [5.41, 5.74) is 3.69. The SMILES string of the molecule is C=CCSc1nnc2c(n1)OC(c1ccc(C(=O)[O-])c(C)c1)Nc1ccccc1-2. The molecule has 29 heavy (non-hydrogen) atoms. The van der Waals surface area contributed by atoms with Crippen molar-refractivity contribution in [1.29, 1.82) is 0 Å². The minimum atomic E-state index is -1.21. The van der Waals surface area contributed by atoms with Gasteiger partial charge in [0.2, 0.25) is 11.0 Å². The van der Waals surface area contributed by atoms with Crippen LogP contribution in [0.3, 0.4) is 0 Å². The quantitative estimate of drug-likeness (QED) is 0.511. The number of carboxylic acids is 1. The summed E-state index contributed by atoms with van der Waals surface area (Å²) in [6.07, 6.45) is 1.18. The number of thioether (sulfide) groups is 1. The Morgan fingerprint density at radius 1 is 1.31 bits per heavy atom. The molecule has 1 aliphatic rings. The largest absolute Gasteiger partial charge is 0.545 e. The monoisotopic (exact) mass is 405 g/mol. The third-order valence-corrected chi connectivity index (χ3v) is 5.27. The van der Waals surface area contributed by atoms with Gasteiger partial charge in [-0.05, 0) is 24.6 Å². The molecule has 1 unspecified atom stereocenters. The first-order valence-electron chi connectivity index (χ1n) is 8.89. The zero-order valence-electron chi connectivity index (χ0n) is 15.6. The summed E-state index contributed by atoms with van der Waals surface area (Å²) in [6, 6.07) is 12.6. The molecule has 7 nitrogen and oxygen atoms in total. The van der Waals surface area contributed by atoms with Gasteiger partial charge < -0.3 is 20.0 Å². The minimum Gasteiger partial charge on any atom is -0.545 e. The van der Waals surface area contributed by atoms with E-state index in [9.17, 15) is 9.90 Å². The maximum atomic E-state index is 11.2. The predicted molar refractivity (Wildman–Crippen MR) is 109 cm³/mol. The van der Waals surface area contributed by atoms with Gasteiger partial charge in [-0.3, -0.25) is 0 Å². The van der Waals surface area contributed by atoms with Crippen LogP contribution in [-0.2, 0) is 0 Å². The third-order valence-electron chi connectivity index (χ3n) is 4.44. The van der Waals surface area contributed by atoms with Crippen molar-refractivity contribution in [1.82, 2.24) is 15.2 Å². The maximum Gasteiger partial charge on any atom is 0.247 e. The van der Waals surface area contributed by atoms with Crippen molar-refractivity contribution < 1.29 is 14.6 Å². The maximum absolute atomic E-state index is 11.2. The van der Waals surface area contributed by atoms with Crippen molar-refractivity contribution in [3.05, 3.63) is 71.8 Å². The lowest BCUT2D eigenvalue weighted by Gasteiger charge is -2.20. The fraction of sp³-hybridized carbons (Fsp3) is 0.143. The van der Waals surface area contributed by atoms with Crippen LogP contribution in [-0.4, -0.2) is 26.9 Å². The van der Waals surface area contributed by atoms with E-state index in [2.05, 4.69) is 27.1 Å². The fourth-order valence-electron chi connectivity index (χ4n) is 3.07. The Labute approximate surface area is 171 Å². The Morgan fingerprint density at radius 2 is 2.14 bits per heavy atom. The smallest absolute Gasteiger partial charge is 0.247 e. The molecule has 1 aromatic heterocycles. The van der Waals surface area contributed by atoms with Gasteiger partial charge in [0, 0.05) is 28.1 Å². The Bertz CT molecular complexity index is 1100. The predicted octanol–water partition coefficient (Wildman–Crippen LogP) is 2.99. The molecule has 2 aromatic carbocycles. The molecule has 0 saturated carbocycles. The Hall–Kier alpha value is -3.39. The molecule has 0 amide bonds. The average Bonchev–Trinajstić information content (AvgIpc) is 2.88. The van der Waals surface area contributed by atoms with Crippen molar-refractivity contribution in [2.45, 2.75) is 18.3 Å². The van der Waals surface area contributed by atoms with Gasteiger partial charge in [-0.15, -0.1) is 16.8 Å². The van der Waals surface area contributed by atoms with E-state index in [0.29, 0.717) is 28.0 Å². The normalized spacial score (nSPS) is 14.6. The number of aryl methyl sites for hydroxylation is 1. The lowest BCUT2D eigenvalue weighted by atomic mass is 10.0. The number of carbonyl (C=O) groups excluding carboxylic acids is 1. The molecule has 1 N–H and O–H groups in total. The number of nitrogens with zero attached hydrogens (tertiary/aromatic N) is 3. The summed E-state index contributed by atoms with van der Waals surface area (Å²) >= 11 is 1.41. The molecule has 0 spiro atoms. The highest BCUT2D eigenvalue weighted by atomic mass is 32.2. The molecule has 0 bridgehead atoms. The van der Waals surface area contributed by atoms with Gasteiger partial charge in [0.05, 0.1) is 5.97 Å². The van der Waals surface area contributed by atoms with Gasteiger partial charge in [0.1, 0.15) is 0 Å². The van der Waals surface area contributed by atoms with Crippen molar-refractivity contribution in [3.63, 3.8) is 0 Å². The summed E-state index contributed by atoms with van der Waals surface area (Å²) in [6.45, 7) is 5.43. The van der Waals surface area contributed by atoms with E-state index >= 15 is 0 Å². The number of benzene rings is 2. The van der Waals surface area contributed by atoms with Crippen LogP contribution in [0.1, 0.15) is 27.7 Å².